The maximum Gasteiger partial charge on any atom is 0.0800 e. The summed E-state index contributed by atoms with van der Waals surface area (Å²) in [6.45, 7) is 2.18. The van der Waals surface area contributed by atoms with Crippen molar-refractivity contribution in [3.8, 4) is 0 Å². The van der Waals surface area contributed by atoms with Gasteiger partial charge in [-0.05, 0) is 24.0 Å². The predicted molar refractivity (Wildman–Crippen MR) is 59.4 cm³/mol. The van der Waals surface area contributed by atoms with Gasteiger partial charge in [-0.3, -0.25) is 0 Å². The molecule has 13 heavy (non-hydrogen) atoms. The summed E-state index contributed by atoms with van der Waals surface area (Å²) < 4.78 is 0. The molecule has 1 unspecified atom stereocenters. The zero-order valence-electron chi connectivity index (χ0n) is 7.71. The van der Waals surface area contributed by atoms with Gasteiger partial charge in [-0.15, -0.1) is 0 Å². The van der Waals surface area contributed by atoms with Gasteiger partial charge in [-0.25, -0.2) is 0 Å². The third kappa shape index (κ3) is 1.89. The molecule has 1 heterocycles. The number of nitrogens with one attached hydrogen (secondary N) is 1. The molecule has 0 amide bonds. The van der Waals surface area contributed by atoms with Gasteiger partial charge in [0.15, 0.2) is 0 Å². The van der Waals surface area contributed by atoms with Crippen molar-refractivity contribution in [2.75, 3.05) is 0 Å². The largest absolute Gasteiger partial charge is 0.350 e. The van der Waals surface area contributed by atoms with Gasteiger partial charge >= 0.3 is 0 Å². The van der Waals surface area contributed by atoms with Crippen molar-refractivity contribution in [3.05, 3.63) is 35.6 Å². The van der Waals surface area contributed by atoms with Crippen molar-refractivity contribution >= 4 is 17.2 Å². The van der Waals surface area contributed by atoms with E-state index in [4.69, 9.17) is 12.2 Å². The summed E-state index contributed by atoms with van der Waals surface area (Å²) in [4.78, 5) is 0.964. The minimum absolute atomic E-state index is 0.529. The molecule has 1 N–H and O–H groups in total. The molecule has 0 aromatic carbocycles. The van der Waals surface area contributed by atoms with Crippen LogP contribution in [0.3, 0.4) is 0 Å². The number of thiocarbonyl (C=S) groups is 1. The summed E-state index contributed by atoms with van der Waals surface area (Å²) in [5, 5.41) is 3.25. The lowest BCUT2D eigenvalue weighted by atomic mass is 10.0. The van der Waals surface area contributed by atoms with Crippen LogP contribution in [0.1, 0.15) is 19.8 Å². The smallest absolute Gasteiger partial charge is 0.0800 e. The molecular formula is C11H13NS. The monoisotopic (exact) mass is 191 g/mol. The zero-order valence-corrected chi connectivity index (χ0v) is 8.53. The summed E-state index contributed by atoms with van der Waals surface area (Å²) >= 11 is 5.14. The Balaban J connectivity index is 2.31. The van der Waals surface area contributed by atoms with Crippen molar-refractivity contribution in [2.45, 2.75) is 19.8 Å². The molecule has 0 fully saturated rings. The van der Waals surface area contributed by atoms with E-state index in [-0.39, 0.29) is 0 Å². The first-order valence-corrected chi connectivity index (χ1v) is 5.06. The van der Waals surface area contributed by atoms with Crippen molar-refractivity contribution in [3.63, 3.8) is 0 Å². The van der Waals surface area contributed by atoms with Crippen LogP contribution >= 0.6 is 12.2 Å². The Morgan fingerprint density at radius 2 is 2.08 bits per heavy atom. The van der Waals surface area contributed by atoms with Gasteiger partial charge in [-0.1, -0.05) is 37.4 Å². The predicted octanol–water partition coefficient (Wildman–Crippen LogP) is 2.71. The molecule has 68 valence electrons. The van der Waals surface area contributed by atoms with E-state index in [0.29, 0.717) is 5.92 Å². The van der Waals surface area contributed by atoms with E-state index in [1.54, 1.807) is 0 Å². The maximum absolute atomic E-state index is 5.14. The van der Waals surface area contributed by atoms with Gasteiger partial charge < -0.3 is 5.32 Å². The van der Waals surface area contributed by atoms with E-state index in [0.717, 1.165) is 17.8 Å². The Bertz CT molecular complexity index is 323. The van der Waals surface area contributed by atoms with Crippen LogP contribution in [0.2, 0.25) is 0 Å². The summed E-state index contributed by atoms with van der Waals surface area (Å²) in [6, 6.07) is 0. The lowest BCUT2D eigenvalue weighted by Crippen LogP contribution is -2.24. The summed E-state index contributed by atoms with van der Waals surface area (Å²) in [7, 11) is 0. The van der Waals surface area contributed by atoms with Crippen molar-refractivity contribution in [1.82, 2.24) is 5.32 Å². The molecule has 0 aromatic heterocycles. The normalized spacial score (nSPS) is 26.8. The van der Waals surface area contributed by atoms with Crippen molar-refractivity contribution < 1.29 is 0 Å². The molecule has 1 aliphatic carbocycles. The number of hydrogen-bond acceptors (Lipinski definition) is 1. The van der Waals surface area contributed by atoms with E-state index in [2.05, 4.69) is 36.5 Å². The molecule has 2 heteroatoms. The highest BCUT2D eigenvalue weighted by Gasteiger charge is 2.13. The second-order valence-electron chi connectivity index (χ2n) is 3.56. The Labute approximate surface area is 84.2 Å². The minimum atomic E-state index is 0.529. The second kappa shape index (κ2) is 3.46. The van der Waals surface area contributed by atoms with Crippen LogP contribution in [-0.2, 0) is 0 Å². The lowest BCUT2D eigenvalue weighted by molar-refractivity contribution is 0.931. The second-order valence-corrected chi connectivity index (χ2v) is 4.06. The third-order valence-electron chi connectivity index (χ3n) is 2.41. The molecule has 0 saturated carbocycles. The number of allylic oxidation sites excluding steroid dienone is 5. The first-order chi connectivity index (χ1) is 6.25. The highest BCUT2D eigenvalue weighted by atomic mass is 32.1. The Morgan fingerprint density at radius 1 is 1.31 bits per heavy atom. The van der Waals surface area contributed by atoms with Crippen LogP contribution in [0.15, 0.2) is 35.6 Å². The topological polar surface area (TPSA) is 12.0 Å². The molecule has 0 aromatic rings. The zero-order chi connectivity index (χ0) is 9.26. The Hall–Kier alpha value is -0.890. The van der Waals surface area contributed by atoms with Crippen LogP contribution in [-0.4, -0.2) is 4.99 Å². The Morgan fingerprint density at radius 3 is 2.92 bits per heavy atom. The molecule has 0 spiro atoms. The van der Waals surface area contributed by atoms with Crippen LogP contribution < -0.4 is 5.32 Å². The van der Waals surface area contributed by atoms with Gasteiger partial charge in [0.05, 0.1) is 4.99 Å². The molecule has 2 aliphatic rings. The van der Waals surface area contributed by atoms with Crippen LogP contribution in [0.4, 0.5) is 0 Å². The van der Waals surface area contributed by atoms with E-state index in [1.165, 1.54) is 11.3 Å². The van der Waals surface area contributed by atoms with Crippen molar-refractivity contribution in [1.29, 1.82) is 0 Å². The SMILES string of the molecule is CC1C=CC2=C(C=C1)NC(=S)CC2. The molecule has 1 atom stereocenters. The lowest BCUT2D eigenvalue weighted by Gasteiger charge is -2.17. The standard InChI is InChI=1S/C11H13NS/c1-8-2-4-9-5-7-11(13)12-10(9)6-3-8/h2-4,6,8H,5,7H2,1H3,(H,12,13). The van der Waals surface area contributed by atoms with Gasteiger partial charge in [0.1, 0.15) is 0 Å². The minimum Gasteiger partial charge on any atom is -0.350 e. The first-order valence-electron chi connectivity index (χ1n) is 4.65. The Kier molecular flexibility index (Phi) is 2.32. The van der Waals surface area contributed by atoms with E-state index in [1.807, 2.05) is 0 Å². The van der Waals surface area contributed by atoms with E-state index in [9.17, 15) is 0 Å². The number of hydrogen-bond donors (Lipinski definition) is 1. The maximum atomic E-state index is 5.14. The summed E-state index contributed by atoms with van der Waals surface area (Å²) in [6.07, 6.45) is 10.9. The van der Waals surface area contributed by atoms with E-state index >= 15 is 0 Å². The molecule has 0 bridgehead atoms. The van der Waals surface area contributed by atoms with E-state index < -0.39 is 0 Å². The van der Waals surface area contributed by atoms with Gasteiger partial charge in [-0.2, -0.15) is 0 Å². The average molecular weight is 191 g/mol. The van der Waals surface area contributed by atoms with Crippen LogP contribution in [0.25, 0.3) is 0 Å². The molecule has 1 aliphatic heterocycles. The highest BCUT2D eigenvalue weighted by Crippen LogP contribution is 2.22. The van der Waals surface area contributed by atoms with Crippen LogP contribution in [0, 0.1) is 5.92 Å². The highest BCUT2D eigenvalue weighted by molar-refractivity contribution is 7.80. The average Bonchev–Trinajstić information content (AvgIpc) is 2.29. The third-order valence-corrected chi connectivity index (χ3v) is 2.72. The van der Waals surface area contributed by atoms with Crippen LogP contribution in [0.5, 0.6) is 0 Å². The number of rotatable bonds is 0. The molecule has 1 nitrogen and oxygen atoms in total. The fraction of sp³-hybridized carbons (Fsp3) is 0.364. The van der Waals surface area contributed by atoms with Gasteiger partial charge in [0.2, 0.25) is 0 Å². The fourth-order valence-electron chi connectivity index (χ4n) is 1.58. The van der Waals surface area contributed by atoms with Crippen molar-refractivity contribution in [2.24, 2.45) is 5.92 Å². The first kappa shape index (κ1) is 8.70. The quantitative estimate of drug-likeness (QED) is 0.591. The summed E-state index contributed by atoms with van der Waals surface area (Å²) in [5.74, 6) is 0.529. The molecule has 0 saturated heterocycles. The summed E-state index contributed by atoms with van der Waals surface area (Å²) in [5.41, 5.74) is 2.58. The fourth-order valence-corrected chi connectivity index (χ4v) is 1.79. The molecular weight excluding hydrogens is 178 g/mol. The molecule has 2 rings (SSSR count). The molecule has 0 radical (unpaired) electrons. The van der Waals surface area contributed by atoms with Gasteiger partial charge in [0, 0.05) is 12.1 Å². The van der Waals surface area contributed by atoms with Gasteiger partial charge in [0.25, 0.3) is 0 Å².